The van der Waals surface area contributed by atoms with Crippen molar-refractivity contribution in [1.29, 1.82) is 0 Å². The Morgan fingerprint density at radius 1 is 1.20 bits per heavy atom. The maximum absolute atomic E-state index is 12.4. The van der Waals surface area contributed by atoms with Crippen molar-refractivity contribution in [3.8, 4) is 11.5 Å². The van der Waals surface area contributed by atoms with Crippen LogP contribution in [0.3, 0.4) is 0 Å². The number of allylic oxidation sites excluding steroid dienone is 2. The number of benzene rings is 2. The second-order valence-corrected chi connectivity index (χ2v) is 7.41. The van der Waals surface area contributed by atoms with Gasteiger partial charge in [-0.15, -0.1) is 0 Å². The zero-order valence-corrected chi connectivity index (χ0v) is 17.6. The predicted molar refractivity (Wildman–Crippen MR) is 114 cm³/mol. The number of aromatic nitrogens is 3. The molecule has 0 amide bonds. The molecule has 4 rings (SSSR count). The first kappa shape index (κ1) is 20.0. The highest BCUT2D eigenvalue weighted by molar-refractivity contribution is 6.30. The molecule has 1 atom stereocenters. The van der Waals surface area contributed by atoms with Gasteiger partial charge >= 0.3 is 0 Å². The smallest absolute Gasteiger partial charge is 0.226 e. The molecule has 0 saturated carbocycles. The van der Waals surface area contributed by atoms with Gasteiger partial charge in [0.05, 0.1) is 7.11 Å². The molecule has 7 nitrogen and oxygen atoms in total. The maximum Gasteiger partial charge on any atom is 0.226 e. The van der Waals surface area contributed by atoms with E-state index in [2.05, 4.69) is 15.4 Å². The molecule has 0 radical (unpaired) electrons. The first-order valence-electron chi connectivity index (χ1n) is 9.41. The molecular formula is C22H21ClN4O3. The third-order valence-corrected chi connectivity index (χ3v) is 5.24. The first-order valence-corrected chi connectivity index (χ1v) is 9.79. The molecule has 3 aromatic rings. The van der Waals surface area contributed by atoms with Crippen molar-refractivity contribution < 1.29 is 14.3 Å². The SMILES string of the molecule is COc1cc(C2C(C(C)=O)=C(C)Nc3ncnn32)ccc1OCc1ccc(Cl)cc1. The highest BCUT2D eigenvalue weighted by atomic mass is 35.5. The second-order valence-electron chi connectivity index (χ2n) is 6.98. The number of anilines is 1. The van der Waals surface area contributed by atoms with Gasteiger partial charge in [-0.3, -0.25) is 4.79 Å². The van der Waals surface area contributed by atoms with Crippen molar-refractivity contribution in [2.75, 3.05) is 12.4 Å². The van der Waals surface area contributed by atoms with E-state index in [-0.39, 0.29) is 5.78 Å². The number of hydrogen-bond acceptors (Lipinski definition) is 6. The number of halogens is 1. The minimum absolute atomic E-state index is 0.0341. The van der Waals surface area contributed by atoms with E-state index in [4.69, 9.17) is 21.1 Å². The van der Waals surface area contributed by atoms with Crippen LogP contribution in [0.2, 0.25) is 5.02 Å². The van der Waals surface area contributed by atoms with Crippen LogP contribution in [-0.4, -0.2) is 27.7 Å². The van der Waals surface area contributed by atoms with Crippen LogP contribution in [0.15, 0.2) is 60.1 Å². The van der Waals surface area contributed by atoms with E-state index >= 15 is 0 Å². The Morgan fingerprint density at radius 2 is 1.97 bits per heavy atom. The summed E-state index contributed by atoms with van der Waals surface area (Å²) in [6.45, 7) is 3.80. The standard InChI is InChI=1S/C22H21ClN4O3/c1-13-20(14(2)28)21(27-22(26-13)24-12-25-27)16-6-9-18(19(10-16)29-3)30-11-15-4-7-17(23)8-5-15/h4-10,12,21H,11H2,1-3H3,(H,24,25,26). The lowest BCUT2D eigenvalue weighted by molar-refractivity contribution is -0.114. The van der Waals surface area contributed by atoms with Crippen LogP contribution < -0.4 is 14.8 Å². The molecule has 0 spiro atoms. The number of nitrogens with one attached hydrogen (secondary N) is 1. The molecule has 0 bridgehead atoms. The van der Waals surface area contributed by atoms with Gasteiger partial charge in [-0.05, 0) is 49.2 Å². The molecule has 1 aromatic heterocycles. The van der Waals surface area contributed by atoms with E-state index < -0.39 is 6.04 Å². The number of rotatable bonds is 6. The summed E-state index contributed by atoms with van der Waals surface area (Å²) in [6.07, 6.45) is 1.46. The monoisotopic (exact) mass is 424 g/mol. The van der Waals surface area contributed by atoms with Crippen molar-refractivity contribution in [3.63, 3.8) is 0 Å². The van der Waals surface area contributed by atoms with Gasteiger partial charge in [0.1, 0.15) is 19.0 Å². The Morgan fingerprint density at radius 3 is 2.67 bits per heavy atom. The summed E-state index contributed by atoms with van der Waals surface area (Å²) in [5.41, 5.74) is 3.23. The third-order valence-electron chi connectivity index (χ3n) is 4.98. The Labute approximate surface area is 179 Å². The molecule has 0 aliphatic carbocycles. The van der Waals surface area contributed by atoms with Gasteiger partial charge in [0.15, 0.2) is 17.3 Å². The topological polar surface area (TPSA) is 78.3 Å². The Kier molecular flexibility index (Phi) is 5.46. The number of methoxy groups -OCH3 is 1. The van der Waals surface area contributed by atoms with E-state index in [1.807, 2.05) is 49.4 Å². The van der Waals surface area contributed by atoms with E-state index in [0.717, 1.165) is 16.8 Å². The molecule has 0 saturated heterocycles. The zero-order chi connectivity index (χ0) is 21.3. The lowest BCUT2D eigenvalue weighted by Crippen LogP contribution is -2.27. The largest absolute Gasteiger partial charge is 0.493 e. The highest BCUT2D eigenvalue weighted by Crippen LogP contribution is 2.38. The molecule has 1 aliphatic rings. The number of Topliss-reactive ketones (excluding diaryl/α,β-unsaturated/α-hetero) is 1. The number of carbonyl (C=O) groups excluding carboxylic acids is 1. The quantitative estimate of drug-likeness (QED) is 0.632. The van der Waals surface area contributed by atoms with Crippen molar-refractivity contribution in [1.82, 2.24) is 14.8 Å². The fourth-order valence-electron chi connectivity index (χ4n) is 3.57. The summed E-state index contributed by atoms with van der Waals surface area (Å²) in [6, 6.07) is 12.7. The van der Waals surface area contributed by atoms with Crippen LogP contribution in [-0.2, 0) is 11.4 Å². The van der Waals surface area contributed by atoms with Gasteiger partial charge in [0, 0.05) is 16.3 Å². The third kappa shape index (κ3) is 3.76. The van der Waals surface area contributed by atoms with Crippen LogP contribution in [0.25, 0.3) is 0 Å². The number of fused-ring (bicyclic) bond motifs is 1. The van der Waals surface area contributed by atoms with Crippen molar-refractivity contribution >= 4 is 23.3 Å². The molecule has 1 unspecified atom stereocenters. The fraction of sp³-hybridized carbons (Fsp3) is 0.227. The molecule has 1 aliphatic heterocycles. The van der Waals surface area contributed by atoms with Gasteiger partial charge in [-0.25, -0.2) is 4.68 Å². The number of carbonyl (C=O) groups is 1. The average molecular weight is 425 g/mol. The minimum atomic E-state index is -0.402. The van der Waals surface area contributed by atoms with Gasteiger partial charge < -0.3 is 14.8 Å². The van der Waals surface area contributed by atoms with E-state index in [9.17, 15) is 4.79 Å². The van der Waals surface area contributed by atoms with Gasteiger partial charge in [-0.2, -0.15) is 10.1 Å². The van der Waals surface area contributed by atoms with E-state index in [0.29, 0.717) is 34.6 Å². The molecule has 2 aromatic carbocycles. The Hall–Kier alpha value is -3.32. The van der Waals surface area contributed by atoms with Crippen LogP contribution in [0.5, 0.6) is 11.5 Å². The lowest BCUT2D eigenvalue weighted by Gasteiger charge is -2.28. The summed E-state index contributed by atoms with van der Waals surface area (Å²) < 4.78 is 13.2. The zero-order valence-electron chi connectivity index (χ0n) is 16.8. The number of ether oxygens (including phenoxy) is 2. The Bertz CT molecular complexity index is 1120. The summed E-state index contributed by atoms with van der Waals surface area (Å²) in [5, 5.41) is 8.13. The van der Waals surface area contributed by atoms with Crippen LogP contribution >= 0.6 is 11.6 Å². The minimum Gasteiger partial charge on any atom is -0.493 e. The second kappa shape index (κ2) is 8.20. The summed E-state index contributed by atoms with van der Waals surface area (Å²) in [4.78, 5) is 16.6. The lowest BCUT2D eigenvalue weighted by atomic mass is 9.93. The molecule has 30 heavy (non-hydrogen) atoms. The molecular weight excluding hydrogens is 404 g/mol. The van der Waals surface area contributed by atoms with Gasteiger partial charge in [-0.1, -0.05) is 29.8 Å². The summed E-state index contributed by atoms with van der Waals surface area (Å²) in [7, 11) is 1.59. The molecule has 154 valence electrons. The maximum atomic E-state index is 12.4. The molecule has 1 N–H and O–H groups in total. The molecule has 8 heteroatoms. The average Bonchev–Trinajstić information content (AvgIpc) is 3.20. The van der Waals surface area contributed by atoms with Crippen LogP contribution in [0, 0.1) is 0 Å². The van der Waals surface area contributed by atoms with E-state index in [1.54, 1.807) is 18.7 Å². The van der Waals surface area contributed by atoms with Crippen LogP contribution in [0.4, 0.5) is 5.95 Å². The van der Waals surface area contributed by atoms with E-state index in [1.165, 1.54) is 6.33 Å². The Balaban J connectivity index is 1.66. The van der Waals surface area contributed by atoms with Gasteiger partial charge in [0.25, 0.3) is 0 Å². The van der Waals surface area contributed by atoms with Crippen molar-refractivity contribution in [2.45, 2.75) is 26.5 Å². The summed E-state index contributed by atoms with van der Waals surface area (Å²) >= 11 is 5.94. The first-order chi connectivity index (χ1) is 14.5. The number of hydrogen-bond donors (Lipinski definition) is 1. The fourth-order valence-corrected chi connectivity index (χ4v) is 3.70. The highest BCUT2D eigenvalue weighted by Gasteiger charge is 2.32. The number of ketones is 1. The predicted octanol–water partition coefficient (Wildman–Crippen LogP) is 4.40. The molecule has 0 fully saturated rings. The number of nitrogens with zero attached hydrogens (tertiary/aromatic N) is 3. The molecule has 2 heterocycles. The van der Waals surface area contributed by atoms with Crippen LogP contribution in [0.1, 0.15) is 31.0 Å². The normalized spacial score (nSPS) is 15.4. The van der Waals surface area contributed by atoms with Gasteiger partial charge in [0.2, 0.25) is 5.95 Å². The summed E-state index contributed by atoms with van der Waals surface area (Å²) in [5.74, 6) is 1.73. The van der Waals surface area contributed by atoms with Crippen molar-refractivity contribution in [2.24, 2.45) is 0 Å². The van der Waals surface area contributed by atoms with Crippen molar-refractivity contribution in [3.05, 3.63) is 76.2 Å².